The van der Waals surface area contributed by atoms with Gasteiger partial charge in [-0.1, -0.05) is 0 Å². The van der Waals surface area contributed by atoms with Gasteiger partial charge in [-0.3, -0.25) is 0 Å². The standard InChI is InChI=1S/C12H19N3O2S/c1-10-5-6-13-12(8-10)15-7-3-4-11(9-15)14-18(2,16)17/h5-6,8,11,14H,3-4,7,9H2,1-2H3/t11-/m0/s1. The number of piperidine rings is 1. The van der Waals surface area contributed by atoms with E-state index in [0.717, 1.165) is 30.8 Å². The van der Waals surface area contributed by atoms with Gasteiger partial charge in [0, 0.05) is 25.3 Å². The number of hydrogen-bond donors (Lipinski definition) is 1. The van der Waals surface area contributed by atoms with Gasteiger partial charge in [-0.25, -0.2) is 18.1 Å². The van der Waals surface area contributed by atoms with Gasteiger partial charge in [0.25, 0.3) is 0 Å². The highest BCUT2D eigenvalue weighted by atomic mass is 32.2. The van der Waals surface area contributed by atoms with E-state index in [1.807, 2.05) is 19.1 Å². The van der Waals surface area contributed by atoms with Crippen molar-refractivity contribution < 1.29 is 8.42 Å². The van der Waals surface area contributed by atoms with Crippen molar-refractivity contribution >= 4 is 15.8 Å². The Labute approximate surface area is 108 Å². The SMILES string of the molecule is Cc1ccnc(N2CCC[C@H](NS(C)(=O)=O)C2)c1. The molecule has 0 radical (unpaired) electrons. The molecule has 18 heavy (non-hydrogen) atoms. The molecule has 0 aromatic carbocycles. The molecule has 2 rings (SSSR count). The highest BCUT2D eigenvalue weighted by molar-refractivity contribution is 7.88. The lowest BCUT2D eigenvalue weighted by atomic mass is 10.1. The van der Waals surface area contributed by atoms with Crippen LogP contribution in [0.2, 0.25) is 0 Å². The van der Waals surface area contributed by atoms with Gasteiger partial charge in [-0.05, 0) is 37.5 Å². The van der Waals surface area contributed by atoms with Gasteiger partial charge >= 0.3 is 0 Å². The number of hydrogen-bond acceptors (Lipinski definition) is 4. The van der Waals surface area contributed by atoms with Crippen LogP contribution in [0.25, 0.3) is 0 Å². The largest absolute Gasteiger partial charge is 0.355 e. The second-order valence-corrected chi connectivity index (χ2v) is 6.65. The zero-order valence-electron chi connectivity index (χ0n) is 10.8. The molecule has 1 atom stereocenters. The molecule has 1 aromatic rings. The van der Waals surface area contributed by atoms with E-state index in [9.17, 15) is 8.42 Å². The van der Waals surface area contributed by atoms with Crippen molar-refractivity contribution in [1.29, 1.82) is 0 Å². The lowest BCUT2D eigenvalue weighted by molar-refractivity contribution is 0.465. The number of anilines is 1. The molecule has 0 saturated carbocycles. The Hall–Kier alpha value is -1.14. The third-order valence-corrected chi connectivity index (χ3v) is 3.79. The maximum absolute atomic E-state index is 11.3. The van der Waals surface area contributed by atoms with Crippen LogP contribution in [0.15, 0.2) is 18.3 Å². The average Bonchev–Trinajstić information content (AvgIpc) is 2.27. The van der Waals surface area contributed by atoms with Crippen molar-refractivity contribution in [1.82, 2.24) is 9.71 Å². The Bertz CT molecular complexity index is 516. The first kappa shape index (κ1) is 13.3. The van der Waals surface area contributed by atoms with E-state index in [4.69, 9.17) is 0 Å². The first-order chi connectivity index (χ1) is 8.44. The van der Waals surface area contributed by atoms with E-state index in [2.05, 4.69) is 14.6 Å². The second kappa shape index (κ2) is 5.24. The minimum Gasteiger partial charge on any atom is -0.355 e. The highest BCUT2D eigenvalue weighted by Crippen LogP contribution is 2.18. The lowest BCUT2D eigenvalue weighted by Gasteiger charge is -2.33. The molecule has 0 unspecified atom stereocenters. The summed E-state index contributed by atoms with van der Waals surface area (Å²) in [5.74, 6) is 0.926. The molecule has 0 bridgehead atoms. The van der Waals surface area contributed by atoms with Gasteiger partial charge < -0.3 is 4.90 Å². The molecule has 1 aromatic heterocycles. The summed E-state index contributed by atoms with van der Waals surface area (Å²) in [4.78, 5) is 6.48. The number of nitrogens with zero attached hydrogens (tertiary/aromatic N) is 2. The lowest BCUT2D eigenvalue weighted by Crippen LogP contribution is -2.47. The fourth-order valence-corrected chi connectivity index (χ4v) is 3.08. The van der Waals surface area contributed by atoms with Crippen LogP contribution in [0.1, 0.15) is 18.4 Å². The van der Waals surface area contributed by atoms with Crippen molar-refractivity contribution in [3.8, 4) is 0 Å². The van der Waals surface area contributed by atoms with Crippen molar-refractivity contribution in [2.45, 2.75) is 25.8 Å². The summed E-state index contributed by atoms with van der Waals surface area (Å²) in [5, 5.41) is 0. The van der Waals surface area contributed by atoms with Crippen molar-refractivity contribution in [3.05, 3.63) is 23.9 Å². The molecule has 1 aliphatic heterocycles. The maximum atomic E-state index is 11.3. The van der Waals surface area contributed by atoms with Crippen LogP contribution in [-0.4, -0.2) is 38.8 Å². The minimum absolute atomic E-state index is 0.0175. The van der Waals surface area contributed by atoms with Gasteiger partial charge in [0.2, 0.25) is 10.0 Å². The predicted octanol–water partition coefficient (Wildman–Crippen LogP) is 0.908. The molecule has 1 N–H and O–H groups in total. The van der Waals surface area contributed by atoms with E-state index in [1.54, 1.807) is 6.20 Å². The zero-order valence-corrected chi connectivity index (χ0v) is 11.6. The number of nitrogens with one attached hydrogen (secondary N) is 1. The molecule has 0 aliphatic carbocycles. The maximum Gasteiger partial charge on any atom is 0.209 e. The van der Waals surface area contributed by atoms with Crippen LogP contribution in [0, 0.1) is 6.92 Å². The van der Waals surface area contributed by atoms with Crippen LogP contribution in [0.5, 0.6) is 0 Å². The number of pyridine rings is 1. The molecule has 0 spiro atoms. The van der Waals surface area contributed by atoms with Crippen LogP contribution in [0.4, 0.5) is 5.82 Å². The molecule has 1 fully saturated rings. The number of sulfonamides is 1. The van der Waals surface area contributed by atoms with Gasteiger partial charge in [0.15, 0.2) is 0 Å². The van der Waals surface area contributed by atoms with E-state index in [0.29, 0.717) is 6.54 Å². The molecule has 2 heterocycles. The number of rotatable bonds is 3. The third kappa shape index (κ3) is 3.68. The molecular weight excluding hydrogens is 250 g/mol. The Kier molecular flexibility index (Phi) is 3.87. The van der Waals surface area contributed by atoms with Gasteiger partial charge in [-0.2, -0.15) is 0 Å². The Morgan fingerprint density at radius 3 is 2.94 bits per heavy atom. The summed E-state index contributed by atoms with van der Waals surface area (Å²) in [7, 11) is -3.13. The first-order valence-corrected chi connectivity index (χ1v) is 7.98. The quantitative estimate of drug-likeness (QED) is 0.886. The van der Waals surface area contributed by atoms with Crippen LogP contribution in [-0.2, 0) is 10.0 Å². The molecule has 1 aliphatic rings. The fourth-order valence-electron chi connectivity index (χ4n) is 2.28. The summed E-state index contributed by atoms with van der Waals surface area (Å²) < 4.78 is 25.2. The molecular formula is C12H19N3O2S. The number of aromatic nitrogens is 1. The fraction of sp³-hybridized carbons (Fsp3) is 0.583. The predicted molar refractivity (Wildman–Crippen MR) is 72.2 cm³/mol. The summed E-state index contributed by atoms with van der Waals surface area (Å²) in [5.41, 5.74) is 1.16. The van der Waals surface area contributed by atoms with Crippen molar-refractivity contribution in [2.75, 3.05) is 24.2 Å². The van der Waals surface area contributed by atoms with Gasteiger partial charge in [0.1, 0.15) is 5.82 Å². The summed E-state index contributed by atoms with van der Waals surface area (Å²) in [6.07, 6.45) is 4.85. The summed E-state index contributed by atoms with van der Waals surface area (Å²) in [6, 6.07) is 3.97. The van der Waals surface area contributed by atoms with Crippen LogP contribution < -0.4 is 9.62 Å². The van der Waals surface area contributed by atoms with E-state index < -0.39 is 10.0 Å². The average molecular weight is 269 g/mol. The highest BCUT2D eigenvalue weighted by Gasteiger charge is 2.23. The Morgan fingerprint density at radius 2 is 2.28 bits per heavy atom. The zero-order chi connectivity index (χ0) is 13.2. The second-order valence-electron chi connectivity index (χ2n) is 4.87. The molecule has 6 heteroatoms. The van der Waals surface area contributed by atoms with Gasteiger partial charge in [-0.15, -0.1) is 0 Å². The summed E-state index contributed by atoms with van der Waals surface area (Å²) in [6.45, 7) is 3.64. The Morgan fingerprint density at radius 1 is 1.50 bits per heavy atom. The number of aryl methyl sites for hydroxylation is 1. The summed E-state index contributed by atoms with van der Waals surface area (Å²) >= 11 is 0. The monoisotopic (exact) mass is 269 g/mol. The normalized spacial score (nSPS) is 21.0. The topological polar surface area (TPSA) is 62.3 Å². The Balaban J connectivity index is 2.07. The van der Waals surface area contributed by atoms with Crippen LogP contribution in [0.3, 0.4) is 0 Å². The molecule has 0 amide bonds. The minimum atomic E-state index is -3.13. The van der Waals surface area contributed by atoms with E-state index in [1.165, 1.54) is 6.26 Å². The molecule has 5 nitrogen and oxygen atoms in total. The van der Waals surface area contributed by atoms with E-state index in [-0.39, 0.29) is 6.04 Å². The van der Waals surface area contributed by atoms with Crippen molar-refractivity contribution in [2.24, 2.45) is 0 Å². The molecule has 100 valence electrons. The van der Waals surface area contributed by atoms with E-state index >= 15 is 0 Å². The van der Waals surface area contributed by atoms with Crippen LogP contribution >= 0.6 is 0 Å². The van der Waals surface area contributed by atoms with Gasteiger partial charge in [0.05, 0.1) is 6.26 Å². The van der Waals surface area contributed by atoms with Crippen molar-refractivity contribution in [3.63, 3.8) is 0 Å². The molecule has 1 saturated heterocycles. The third-order valence-electron chi connectivity index (χ3n) is 3.03. The first-order valence-electron chi connectivity index (χ1n) is 6.09. The smallest absolute Gasteiger partial charge is 0.209 e.